The van der Waals surface area contributed by atoms with Gasteiger partial charge in [0.25, 0.3) is 0 Å². The summed E-state index contributed by atoms with van der Waals surface area (Å²) >= 11 is 3.48. The van der Waals surface area contributed by atoms with Crippen LogP contribution in [0.5, 0.6) is 0 Å². The second kappa shape index (κ2) is 7.38. The molecule has 0 spiro atoms. The van der Waals surface area contributed by atoms with Gasteiger partial charge in [0.05, 0.1) is 6.04 Å². The second-order valence-corrected chi connectivity index (χ2v) is 6.54. The summed E-state index contributed by atoms with van der Waals surface area (Å²) in [6.45, 7) is 7.33. The lowest BCUT2D eigenvalue weighted by molar-refractivity contribution is -0.134. The summed E-state index contributed by atoms with van der Waals surface area (Å²) in [5, 5.41) is 0. The van der Waals surface area contributed by atoms with Crippen molar-refractivity contribution in [2.45, 2.75) is 32.4 Å². The van der Waals surface area contributed by atoms with Crippen LogP contribution in [0.15, 0.2) is 28.7 Å². The zero-order chi connectivity index (χ0) is 15.4. The minimum absolute atomic E-state index is 0.0614. The summed E-state index contributed by atoms with van der Waals surface area (Å²) in [7, 11) is 0. The smallest absolute Gasteiger partial charge is 0.239 e. The molecular weight excluding hydrogens is 330 g/mol. The molecule has 0 radical (unpaired) electrons. The zero-order valence-electron chi connectivity index (χ0n) is 12.8. The van der Waals surface area contributed by atoms with Gasteiger partial charge in [-0.15, -0.1) is 0 Å². The van der Waals surface area contributed by atoms with Gasteiger partial charge in [-0.3, -0.25) is 9.69 Å². The maximum Gasteiger partial charge on any atom is 0.239 e. The van der Waals surface area contributed by atoms with Gasteiger partial charge in [0.15, 0.2) is 0 Å². The third-order valence-electron chi connectivity index (χ3n) is 4.10. The van der Waals surface area contributed by atoms with Crippen molar-refractivity contribution in [3.63, 3.8) is 0 Å². The Hall–Kier alpha value is -0.910. The molecule has 0 bridgehead atoms. The van der Waals surface area contributed by atoms with Gasteiger partial charge in [-0.05, 0) is 31.0 Å². The molecule has 1 aliphatic rings. The number of rotatable bonds is 4. The highest BCUT2D eigenvalue weighted by atomic mass is 79.9. The van der Waals surface area contributed by atoms with E-state index in [1.54, 1.807) is 6.92 Å². The maximum absolute atomic E-state index is 11.9. The predicted molar refractivity (Wildman–Crippen MR) is 89.0 cm³/mol. The molecule has 0 saturated carbocycles. The van der Waals surface area contributed by atoms with Crippen LogP contribution in [-0.4, -0.2) is 47.9 Å². The minimum atomic E-state index is -0.398. The van der Waals surface area contributed by atoms with Gasteiger partial charge >= 0.3 is 0 Å². The zero-order valence-corrected chi connectivity index (χ0v) is 14.3. The fourth-order valence-electron chi connectivity index (χ4n) is 2.93. The van der Waals surface area contributed by atoms with Crippen LogP contribution < -0.4 is 5.73 Å². The van der Waals surface area contributed by atoms with Crippen molar-refractivity contribution in [2.24, 2.45) is 5.73 Å². The van der Waals surface area contributed by atoms with E-state index in [9.17, 15) is 4.79 Å². The first-order valence-electron chi connectivity index (χ1n) is 7.56. The van der Waals surface area contributed by atoms with Crippen molar-refractivity contribution in [1.29, 1.82) is 0 Å². The van der Waals surface area contributed by atoms with E-state index in [0.717, 1.165) is 37.1 Å². The number of hydrogen-bond acceptors (Lipinski definition) is 3. The largest absolute Gasteiger partial charge is 0.339 e. The lowest BCUT2D eigenvalue weighted by Gasteiger charge is -2.39. The molecule has 2 rings (SSSR count). The van der Waals surface area contributed by atoms with E-state index < -0.39 is 6.04 Å². The van der Waals surface area contributed by atoms with Crippen molar-refractivity contribution >= 4 is 21.8 Å². The first-order valence-corrected chi connectivity index (χ1v) is 8.36. The molecule has 1 amide bonds. The van der Waals surface area contributed by atoms with Gasteiger partial charge in [0.1, 0.15) is 0 Å². The molecule has 2 N–H and O–H groups in total. The number of piperazine rings is 1. The number of amides is 1. The van der Waals surface area contributed by atoms with E-state index >= 15 is 0 Å². The first-order chi connectivity index (χ1) is 10.0. The monoisotopic (exact) mass is 353 g/mol. The molecule has 1 aromatic rings. The number of nitrogens with two attached hydrogens (primary N) is 1. The summed E-state index contributed by atoms with van der Waals surface area (Å²) in [5.74, 6) is 0.0614. The number of nitrogens with zero attached hydrogens (tertiary/aromatic N) is 2. The van der Waals surface area contributed by atoms with Crippen molar-refractivity contribution in [3.8, 4) is 0 Å². The molecule has 1 unspecified atom stereocenters. The van der Waals surface area contributed by atoms with E-state index in [1.165, 1.54) is 5.56 Å². The standard InChI is InChI=1S/C16H24BrN3O/c1-3-15(13-4-6-14(17)7-5-13)19-8-10-20(11-9-19)16(21)12(2)18/h4-7,12,15H,3,8-11,18H2,1-2H3/t12-,15?/m1/s1. The Bertz CT molecular complexity index is 467. The van der Waals surface area contributed by atoms with Crippen LogP contribution in [0.2, 0.25) is 0 Å². The molecule has 116 valence electrons. The summed E-state index contributed by atoms with van der Waals surface area (Å²) in [6.07, 6.45) is 1.07. The molecule has 1 aromatic carbocycles. The lowest BCUT2D eigenvalue weighted by Crippen LogP contribution is -2.53. The average molecular weight is 354 g/mol. The van der Waals surface area contributed by atoms with Crippen LogP contribution in [0.1, 0.15) is 31.9 Å². The molecule has 1 aliphatic heterocycles. The predicted octanol–water partition coefficient (Wildman–Crippen LogP) is 2.39. The summed E-state index contributed by atoms with van der Waals surface area (Å²) in [4.78, 5) is 16.3. The Morgan fingerprint density at radius 3 is 2.29 bits per heavy atom. The van der Waals surface area contributed by atoms with Crippen LogP contribution in [0, 0.1) is 0 Å². The van der Waals surface area contributed by atoms with Crippen LogP contribution >= 0.6 is 15.9 Å². The van der Waals surface area contributed by atoms with Crippen molar-refractivity contribution in [3.05, 3.63) is 34.3 Å². The summed E-state index contributed by atoms with van der Waals surface area (Å²) in [5.41, 5.74) is 7.02. The van der Waals surface area contributed by atoms with Gasteiger partial charge in [-0.25, -0.2) is 0 Å². The van der Waals surface area contributed by atoms with Crippen LogP contribution in [-0.2, 0) is 4.79 Å². The second-order valence-electron chi connectivity index (χ2n) is 5.63. The number of halogens is 1. The van der Waals surface area contributed by atoms with Crippen LogP contribution in [0.3, 0.4) is 0 Å². The molecule has 2 atom stereocenters. The molecule has 1 fully saturated rings. The molecule has 21 heavy (non-hydrogen) atoms. The highest BCUT2D eigenvalue weighted by Gasteiger charge is 2.27. The highest BCUT2D eigenvalue weighted by Crippen LogP contribution is 2.26. The van der Waals surface area contributed by atoms with Crippen molar-refractivity contribution in [1.82, 2.24) is 9.80 Å². The number of carbonyl (C=O) groups is 1. The summed E-state index contributed by atoms with van der Waals surface area (Å²) in [6, 6.07) is 8.56. The average Bonchev–Trinajstić information content (AvgIpc) is 2.50. The Labute approximate surface area is 135 Å². The number of benzene rings is 1. The van der Waals surface area contributed by atoms with E-state index in [4.69, 9.17) is 5.73 Å². The van der Waals surface area contributed by atoms with E-state index in [1.807, 2.05) is 4.90 Å². The number of hydrogen-bond donors (Lipinski definition) is 1. The SMILES string of the molecule is CCC(c1ccc(Br)cc1)N1CCN(C(=O)[C@@H](C)N)CC1. The molecular formula is C16H24BrN3O. The summed E-state index contributed by atoms with van der Waals surface area (Å²) < 4.78 is 1.11. The Balaban J connectivity index is 1.99. The van der Waals surface area contributed by atoms with Gasteiger partial charge < -0.3 is 10.6 Å². The molecule has 0 aliphatic carbocycles. The van der Waals surface area contributed by atoms with Crippen molar-refractivity contribution < 1.29 is 4.79 Å². The molecule has 4 nitrogen and oxygen atoms in total. The van der Waals surface area contributed by atoms with E-state index in [2.05, 4.69) is 52.0 Å². The molecule has 1 heterocycles. The topological polar surface area (TPSA) is 49.6 Å². The van der Waals surface area contributed by atoms with E-state index in [0.29, 0.717) is 6.04 Å². The highest BCUT2D eigenvalue weighted by molar-refractivity contribution is 9.10. The molecule has 1 saturated heterocycles. The molecule has 5 heteroatoms. The third-order valence-corrected chi connectivity index (χ3v) is 4.63. The first kappa shape index (κ1) is 16.5. The maximum atomic E-state index is 11.9. The van der Waals surface area contributed by atoms with E-state index in [-0.39, 0.29) is 5.91 Å². The molecule has 0 aromatic heterocycles. The normalized spacial score (nSPS) is 19.3. The minimum Gasteiger partial charge on any atom is -0.339 e. The fourth-order valence-corrected chi connectivity index (χ4v) is 3.20. The van der Waals surface area contributed by atoms with Crippen LogP contribution in [0.4, 0.5) is 0 Å². The Kier molecular flexibility index (Phi) is 5.79. The van der Waals surface area contributed by atoms with Gasteiger partial charge in [0.2, 0.25) is 5.91 Å². The number of carbonyl (C=O) groups excluding carboxylic acids is 1. The Morgan fingerprint density at radius 2 is 1.81 bits per heavy atom. The lowest BCUT2D eigenvalue weighted by atomic mass is 10.0. The quantitative estimate of drug-likeness (QED) is 0.903. The Morgan fingerprint density at radius 1 is 1.24 bits per heavy atom. The van der Waals surface area contributed by atoms with Crippen LogP contribution in [0.25, 0.3) is 0 Å². The van der Waals surface area contributed by atoms with Crippen molar-refractivity contribution in [2.75, 3.05) is 26.2 Å². The fraction of sp³-hybridized carbons (Fsp3) is 0.562. The van der Waals surface area contributed by atoms with Gasteiger partial charge in [-0.2, -0.15) is 0 Å². The third kappa shape index (κ3) is 4.05. The van der Waals surface area contributed by atoms with Gasteiger partial charge in [-0.1, -0.05) is 35.0 Å². The van der Waals surface area contributed by atoms with Gasteiger partial charge in [0, 0.05) is 36.7 Å².